The Labute approximate surface area is 111 Å². The van der Waals surface area contributed by atoms with Gasteiger partial charge in [-0.15, -0.1) is 0 Å². The SMILES string of the molecule is OC(CC1CC2CCC1C2)c1cccc(Br)c1. The summed E-state index contributed by atoms with van der Waals surface area (Å²) in [6.45, 7) is 0. The van der Waals surface area contributed by atoms with E-state index in [0.29, 0.717) is 0 Å². The summed E-state index contributed by atoms with van der Waals surface area (Å²) >= 11 is 3.46. The van der Waals surface area contributed by atoms with Crippen molar-refractivity contribution in [2.45, 2.75) is 38.2 Å². The Morgan fingerprint density at radius 3 is 2.82 bits per heavy atom. The summed E-state index contributed by atoms with van der Waals surface area (Å²) in [6.07, 6.45) is 6.30. The highest BCUT2D eigenvalue weighted by Crippen LogP contribution is 2.50. The third-order valence-corrected chi connectivity index (χ3v) is 5.14. The number of hydrogen-bond acceptors (Lipinski definition) is 1. The fourth-order valence-corrected chi connectivity index (χ4v) is 4.22. The molecule has 4 atom stereocenters. The average Bonchev–Trinajstić information content (AvgIpc) is 2.91. The lowest BCUT2D eigenvalue weighted by Gasteiger charge is -2.24. The zero-order valence-electron chi connectivity index (χ0n) is 9.98. The van der Waals surface area contributed by atoms with E-state index in [2.05, 4.69) is 15.9 Å². The molecule has 4 unspecified atom stereocenters. The number of benzene rings is 1. The molecule has 1 nitrogen and oxygen atoms in total. The van der Waals surface area contributed by atoms with Gasteiger partial charge in [0.1, 0.15) is 0 Å². The highest BCUT2D eigenvalue weighted by atomic mass is 79.9. The fourth-order valence-electron chi connectivity index (χ4n) is 3.80. The summed E-state index contributed by atoms with van der Waals surface area (Å²) in [5.74, 6) is 2.64. The van der Waals surface area contributed by atoms with E-state index in [-0.39, 0.29) is 6.10 Å². The van der Waals surface area contributed by atoms with Gasteiger partial charge in [0, 0.05) is 4.47 Å². The molecule has 0 saturated heterocycles. The highest BCUT2D eigenvalue weighted by molar-refractivity contribution is 9.10. The number of fused-ring (bicyclic) bond motifs is 2. The minimum absolute atomic E-state index is 0.281. The van der Waals surface area contributed by atoms with E-state index in [1.54, 1.807) is 0 Å². The molecule has 2 aliphatic carbocycles. The van der Waals surface area contributed by atoms with Gasteiger partial charge in [0.05, 0.1) is 6.10 Å². The summed E-state index contributed by atoms with van der Waals surface area (Å²) in [5, 5.41) is 10.3. The normalized spacial score (nSPS) is 32.9. The van der Waals surface area contributed by atoms with E-state index in [1.807, 2.05) is 24.3 Å². The molecule has 2 bridgehead atoms. The van der Waals surface area contributed by atoms with Crippen molar-refractivity contribution in [2.24, 2.45) is 17.8 Å². The van der Waals surface area contributed by atoms with Gasteiger partial charge in [-0.25, -0.2) is 0 Å². The second kappa shape index (κ2) is 4.74. The van der Waals surface area contributed by atoms with Gasteiger partial charge in [-0.2, -0.15) is 0 Å². The zero-order valence-corrected chi connectivity index (χ0v) is 11.6. The number of halogens is 1. The monoisotopic (exact) mass is 294 g/mol. The van der Waals surface area contributed by atoms with Crippen LogP contribution in [0.5, 0.6) is 0 Å². The van der Waals surface area contributed by atoms with Crippen molar-refractivity contribution in [3.63, 3.8) is 0 Å². The van der Waals surface area contributed by atoms with E-state index in [0.717, 1.165) is 34.2 Å². The molecular weight excluding hydrogens is 276 g/mol. The molecule has 0 aliphatic heterocycles. The quantitative estimate of drug-likeness (QED) is 0.881. The van der Waals surface area contributed by atoms with E-state index in [4.69, 9.17) is 0 Å². The van der Waals surface area contributed by atoms with Crippen LogP contribution in [0.2, 0.25) is 0 Å². The first-order valence-electron chi connectivity index (χ1n) is 6.66. The summed E-state index contributed by atoms with van der Waals surface area (Å²) < 4.78 is 1.06. The van der Waals surface area contributed by atoms with E-state index >= 15 is 0 Å². The molecule has 0 amide bonds. The third kappa shape index (κ3) is 2.43. The molecule has 2 saturated carbocycles. The van der Waals surface area contributed by atoms with Crippen LogP contribution in [0.25, 0.3) is 0 Å². The van der Waals surface area contributed by atoms with Gasteiger partial charge in [0.25, 0.3) is 0 Å². The van der Waals surface area contributed by atoms with Gasteiger partial charge >= 0.3 is 0 Å². The molecule has 0 aromatic heterocycles. The van der Waals surface area contributed by atoms with Crippen molar-refractivity contribution < 1.29 is 5.11 Å². The zero-order chi connectivity index (χ0) is 11.8. The maximum Gasteiger partial charge on any atom is 0.0793 e. The van der Waals surface area contributed by atoms with Crippen LogP contribution in [0.1, 0.15) is 43.8 Å². The predicted molar refractivity (Wildman–Crippen MR) is 72.7 cm³/mol. The van der Waals surface area contributed by atoms with E-state index in [1.165, 1.54) is 25.7 Å². The first-order chi connectivity index (χ1) is 8.22. The first-order valence-corrected chi connectivity index (χ1v) is 7.45. The lowest BCUT2D eigenvalue weighted by atomic mass is 9.83. The average molecular weight is 295 g/mol. The van der Waals surface area contributed by atoms with Gasteiger partial charge < -0.3 is 5.11 Å². The Hall–Kier alpha value is -0.340. The highest BCUT2D eigenvalue weighted by Gasteiger charge is 2.40. The molecule has 92 valence electrons. The molecule has 17 heavy (non-hydrogen) atoms. The molecule has 2 heteroatoms. The summed E-state index contributed by atoms with van der Waals surface area (Å²) in [6, 6.07) is 8.08. The standard InChI is InChI=1S/C15H19BrO/c16-14-3-1-2-12(8-14)15(17)9-13-7-10-4-5-11(13)6-10/h1-3,8,10-11,13,15,17H,4-7,9H2. The van der Waals surface area contributed by atoms with Crippen molar-refractivity contribution in [3.8, 4) is 0 Å². The Kier molecular flexibility index (Phi) is 3.27. The van der Waals surface area contributed by atoms with Crippen molar-refractivity contribution in [2.75, 3.05) is 0 Å². The molecule has 1 N–H and O–H groups in total. The van der Waals surface area contributed by atoms with Crippen LogP contribution >= 0.6 is 15.9 Å². The Balaban J connectivity index is 1.65. The number of aliphatic hydroxyl groups excluding tert-OH is 1. The second-order valence-corrected chi connectivity index (χ2v) is 6.66. The lowest BCUT2D eigenvalue weighted by molar-refractivity contribution is 0.125. The number of hydrogen-bond donors (Lipinski definition) is 1. The second-order valence-electron chi connectivity index (χ2n) is 5.74. The number of aliphatic hydroxyl groups is 1. The Morgan fingerprint density at radius 2 is 2.18 bits per heavy atom. The number of rotatable bonds is 3. The fraction of sp³-hybridized carbons (Fsp3) is 0.600. The minimum atomic E-state index is -0.281. The third-order valence-electron chi connectivity index (χ3n) is 4.64. The van der Waals surface area contributed by atoms with Crippen LogP contribution in [-0.2, 0) is 0 Å². The largest absolute Gasteiger partial charge is 0.388 e. The minimum Gasteiger partial charge on any atom is -0.388 e. The molecule has 0 spiro atoms. The molecule has 1 aromatic rings. The van der Waals surface area contributed by atoms with Crippen molar-refractivity contribution in [1.82, 2.24) is 0 Å². The maximum atomic E-state index is 10.3. The van der Waals surface area contributed by atoms with Crippen LogP contribution < -0.4 is 0 Å². The molecule has 3 rings (SSSR count). The van der Waals surface area contributed by atoms with Crippen LogP contribution in [0.3, 0.4) is 0 Å². The molecule has 2 aliphatic rings. The van der Waals surface area contributed by atoms with E-state index < -0.39 is 0 Å². The topological polar surface area (TPSA) is 20.2 Å². The predicted octanol–water partition coefficient (Wildman–Crippen LogP) is 4.31. The molecular formula is C15H19BrO. The van der Waals surface area contributed by atoms with Gasteiger partial charge in [-0.1, -0.05) is 34.5 Å². The Bertz CT molecular complexity index is 404. The van der Waals surface area contributed by atoms with Crippen molar-refractivity contribution in [3.05, 3.63) is 34.3 Å². The van der Waals surface area contributed by atoms with Crippen LogP contribution in [0, 0.1) is 17.8 Å². The van der Waals surface area contributed by atoms with Crippen molar-refractivity contribution in [1.29, 1.82) is 0 Å². The van der Waals surface area contributed by atoms with Crippen LogP contribution in [0.15, 0.2) is 28.7 Å². The molecule has 2 fully saturated rings. The molecule has 0 radical (unpaired) electrons. The summed E-state index contributed by atoms with van der Waals surface area (Å²) in [4.78, 5) is 0. The van der Waals surface area contributed by atoms with Gasteiger partial charge in [0.15, 0.2) is 0 Å². The van der Waals surface area contributed by atoms with Crippen molar-refractivity contribution >= 4 is 15.9 Å². The van der Waals surface area contributed by atoms with Crippen LogP contribution in [0.4, 0.5) is 0 Å². The molecule has 1 aromatic carbocycles. The first kappa shape index (κ1) is 11.7. The maximum absolute atomic E-state index is 10.3. The van der Waals surface area contributed by atoms with Crippen LogP contribution in [-0.4, -0.2) is 5.11 Å². The Morgan fingerprint density at radius 1 is 1.29 bits per heavy atom. The van der Waals surface area contributed by atoms with Gasteiger partial charge in [-0.05, 0) is 61.1 Å². The summed E-state index contributed by atoms with van der Waals surface area (Å²) in [5.41, 5.74) is 1.06. The smallest absolute Gasteiger partial charge is 0.0793 e. The lowest BCUT2D eigenvalue weighted by Crippen LogP contribution is -2.14. The van der Waals surface area contributed by atoms with Gasteiger partial charge in [0.2, 0.25) is 0 Å². The van der Waals surface area contributed by atoms with E-state index in [9.17, 15) is 5.11 Å². The van der Waals surface area contributed by atoms with Gasteiger partial charge in [-0.3, -0.25) is 0 Å². The summed E-state index contributed by atoms with van der Waals surface area (Å²) in [7, 11) is 0. The molecule has 0 heterocycles.